The summed E-state index contributed by atoms with van der Waals surface area (Å²) < 4.78 is 22.4. The van der Waals surface area contributed by atoms with Gasteiger partial charge in [-0.25, -0.2) is 13.6 Å². The highest BCUT2D eigenvalue weighted by atomic mass is 32.2. The molecule has 0 aliphatic carbocycles. The van der Waals surface area contributed by atoms with Crippen LogP contribution in [0.3, 0.4) is 0 Å². The number of nitrogen functional groups attached to an aromatic ring is 1. The van der Waals surface area contributed by atoms with E-state index in [1.165, 1.54) is 12.1 Å². The van der Waals surface area contributed by atoms with Gasteiger partial charge in [-0.05, 0) is 51.2 Å². The van der Waals surface area contributed by atoms with E-state index in [1.807, 2.05) is 0 Å². The zero-order valence-electron chi connectivity index (χ0n) is 11.0. The quantitative estimate of drug-likeness (QED) is 0.698. The number of likely N-dealkylation sites (tertiary alicyclic amines) is 1. The number of sulfonamides is 1. The number of nitrogens with two attached hydrogens (primary N) is 2. The van der Waals surface area contributed by atoms with Crippen molar-refractivity contribution in [3.63, 3.8) is 0 Å². The van der Waals surface area contributed by atoms with Crippen LogP contribution in [0.2, 0.25) is 0 Å². The maximum atomic E-state index is 11.2. The first-order valence-corrected chi connectivity index (χ1v) is 7.78. The minimum absolute atomic E-state index is 0.0407. The molecule has 1 aromatic carbocycles. The summed E-state index contributed by atoms with van der Waals surface area (Å²) in [6.07, 6.45) is 2.10. The summed E-state index contributed by atoms with van der Waals surface area (Å²) in [5.74, 6) is 0. The van der Waals surface area contributed by atoms with E-state index in [4.69, 9.17) is 10.9 Å². The van der Waals surface area contributed by atoms with Gasteiger partial charge in [-0.15, -0.1) is 0 Å². The van der Waals surface area contributed by atoms with Crippen molar-refractivity contribution in [2.24, 2.45) is 5.14 Å². The molecule has 0 spiro atoms. The third kappa shape index (κ3) is 3.59. The molecule has 1 aliphatic heterocycles. The van der Waals surface area contributed by atoms with Crippen LogP contribution >= 0.6 is 0 Å². The Hall–Kier alpha value is -1.31. The van der Waals surface area contributed by atoms with Gasteiger partial charge < -0.3 is 16.0 Å². The topological polar surface area (TPSA) is 101 Å². The summed E-state index contributed by atoms with van der Waals surface area (Å²) in [6.45, 7) is 2.10. The number of benzene rings is 1. The van der Waals surface area contributed by atoms with Crippen LogP contribution in [0.15, 0.2) is 23.1 Å². The van der Waals surface area contributed by atoms with Crippen LogP contribution < -0.4 is 16.2 Å². The molecule has 2 rings (SSSR count). The summed E-state index contributed by atoms with van der Waals surface area (Å²) in [7, 11) is -1.59. The Balaban J connectivity index is 2.09. The minimum atomic E-state index is -3.70. The summed E-state index contributed by atoms with van der Waals surface area (Å²) in [6, 6.07) is 4.92. The van der Waals surface area contributed by atoms with E-state index < -0.39 is 10.0 Å². The molecule has 0 unspecified atom stereocenters. The first-order chi connectivity index (χ1) is 8.86. The first kappa shape index (κ1) is 14.1. The molecule has 1 aliphatic rings. The number of primary sulfonamides is 1. The summed E-state index contributed by atoms with van der Waals surface area (Å²) in [4.78, 5) is 2.32. The number of piperidine rings is 1. The fourth-order valence-electron chi connectivity index (χ4n) is 2.22. The van der Waals surface area contributed by atoms with Crippen molar-refractivity contribution in [2.45, 2.75) is 23.8 Å². The second-order valence-electron chi connectivity index (χ2n) is 5.02. The zero-order valence-corrected chi connectivity index (χ0v) is 11.8. The van der Waals surface area contributed by atoms with Gasteiger partial charge in [-0.2, -0.15) is 0 Å². The molecule has 5 N–H and O–H groups in total. The number of hydrogen-bond donors (Lipinski definition) is 3. The van der Waals surface area contributed by atoms with Crippen molar-refractivity contribution in [2.75, 3.05) is 31.2 Å². The number of nitrogens with one attached hydrogen (secondary N) is 1. The second kappa shape index (κ2) is 5.36. The Labute approximate surface area is 113 Å². The Morgan fingerprint density at radius 1 is 1.32 bits per heavy atom. The van der Waals surface area contributed by atoms with Crippen LogP contribution in [-0.2, 0) is 10.0 Å². The van der Waals surface area contributed by atoms with E-state index in [0.29, 0.717) is 11.7 Å². The van der Waals surface area contributed by atoms with E-state index in [0.717, 1.165) is 31.6 Å². The van der Waals surface area contributed by atoms with Crippen molar-refractivity contribution in [1.82, 2.24) is 4.90 Å². The van der Waals surface area contributed by atoms with E-state index in [9.17, 15) is 8.42 Å². The molecule has 0 bridgehead atoms. The van der Waals surface area contributed by atoms with Gasteiger partial charge in [0.25, 0.3) is 0 Å². The summed E-state index contributed by atoms with van der Waals surface area (Å²) >= 11 is 0. The third-order valence-corrected chi connectivity index (χ3v) is 4.34. The molecule has 1 heterocycles. The number of rotatable bonds is 3. The standard InChI is InChI=1S/C12H20N4O2S/c1-16-6-4-9(5-7-16)15-12-3-2-10(8-11(12)13)19(14,17)18/h2-3,8-9,15H,4-7,13H2,1H3,(H2,14,17,18). The van der Waals surface area contributed by atoms with Crippen molar-refractivity contribution in [3.8, 4) is 0 Å². The van der Waals surface area contributed by atoms with Gasteiger partial charge in [0.1, 0.15) is 0 Å². The lowest BCUT2D eigenvalue weighted by atomic mass is 10.1. The molecule has 0 amide bonds. The van der Waals surface area contributed by atoms with Gasteiger partial charge in [0.15, 0.2) is 0 Å². The summed E-state index contributed by atoms with van der Waals surface area (Å²) in [5.41, 5.74) is 7.04. The maximum Gasteiger partial charge on any atom is 0.238 e. The average Bonchev–Trinajstić information content (AvgIpc) is 2.33. The minimum Gasteiger partial charge on any atom is -0.397 e. The molecular weight excluding hydrogens is 264 g/mol. The molecule has 1 saturated heterocycles. The fraction of sp³-hybridized carbons (Fsp3) is 0.500. The molecule has 19 heavy (non-hydrogen) atoms. The van der Waals surface area contributed by atoms with Gasteiger partial charge in [0, 0.05) is 6.04 Å². The lowest BCUT2D eigenvalue weighted by Crippen LogP contribution is -2.36. The molecular formula is C12H20N4O2S. The van der Waals surface area contributed by atoms with Crippen molar-refractivity contribution in [1.29, 1.82) is 0 Å². The van der Waals surface area contributed by atoms with Gasteiger partial charge in [-0.3, -0.25) is 0 Å². The smallest absolute Gasteiger partial charge is 0.238 e. The van der Waals surface area contributed by atoms with E-state index in [-0.39, 0.29) is 4.90 Å². The third-order valence-electron chi connectivity index (χ3n) is 3.43. The van der Waals surface area contributed by atoms with Crippen LogP contribution in [0.4, 0.5) is 11.4 Å². The number of anilines is 2. The lowest BCUT2D eigenvalue weighted by Gasteiger charge is -2.30. The Morgan fingerprint density at radius 3 is 2.47 bits per heavy atom. The second-order valence-corrected chi connectivity index (χ2v) is 6.58. The Morgan fingerprint density at radius 2 is 1.95 bits per heavy atom. The zero-order chi connectivity index (χ0) is 14.0. The van der Waals surface area contributed by atoms with Crippen LogP contribution in [-0.4, -0.2) is 39.5 Å². The summed E-state index contributed by atoms with van der Waals surface area (Å²) in [5, 5.41) is 8.43. The maximum absolute atomic E-state index is 11.2. The van der Waals surface area contributed by atoms with Crippen molar-refractivity contribution >= 4 is 21.4 Å². The monoisotopic (exact) mass is 284 g/mol. The van der Waals surface area contributed by atoms with Gasteiger partial charge >= 0.3 is 0 Å². The van der Waals surface area contributed by atoms with Gasteiger partial charge in [-0.1, -0.05) is 0 Å². The van der Waals surface area contributed by atoms with Crippen LogP contribution in [0.25, 0.3) is 0 Å². The van der Waals surface area contributed by atoms with Crippen molar-refractivity contribution < 1.29 is 8.42 Å². The van der Waals surface area contributed by atoms with Crippen LogP contribution in [0.5, 0.6) is 0 Å². The van der Waals surface area contributed by atoms with Crippen LogP contribution in [0.1, 0.15) is 12.8 Å². The predicted octanol–water partition coefficient (Wildman–Crippen LogP) is 0.422. The molecule has 6 nitrogen and oxygen atoms in total. The van der Waals surface area contributed by atoms with E-state index >= 15 is 0 Å². The van der Waals surface area contributed by atoms with Crippen molar-refractivity contribution in [3.05, 3.63) is 18.2 Å². The molecule has 7 heteroatoms. The van der Waals surface area contributed by atoms with Crippen LogP contribution in [0, 0.1) is 0 Å². The fourth-order valence-corrected chi connectivity index (χ4v) is 2.77. The van der Waals surface area contributed by atoms with E-state index in [1.54, 1.807) is 6.07 Å². The molecule has 0 aromatic heterocycles. The van der Waals surface area contributed by atoms with E-state index in [2.05, 4.69) is 17.3 Å². The highest BCUT2D eigenvalue weighted by Crippen LogP contribution is 2.24. The largest absolute Gasteiger partial charge is 0.397 e. The normalized spacial score (nSPS) is 18.4. The Bertz CT molecular complexity index is 551. The molecule has 1 fully saturated rings. The molecule has 0 saturated carbocycles. The van der Waals surface area contributed by atoms with Gasteiger partial charge in [0.05, 0.1) is 16.3 Å². The number of hydrogen-bond acceptors (Lipinski definition) is 5. The predicted molar refractivity (Wildman–Crippen MR) is 76.4 cm³/mol. The molecule has 0 atom stereocenters. The first-order valence-electron chi connectivity index (χ1n) is 6.23. The molecule has 106 valence electrons. The van der Waals surface area contributed by atoms with Gasteiger partial charge in [0.2, 0.25) is 10.0 Å². The highest BCUT2D eigenvalue weighted by molar-refractivity contribution is 7.89. The highest BCUT2D eigenvalue weighted by Gasteiger charge is 2.17. The number of nitrogens with zero attached hydrogens (tertiary/aromatic N) is 1. The molecule has 0 radical (unpaired) electrons. The Kier molecular flexibility index (Phi) is 3.98. The lowest BCUT2D eigenvalue weighted by molar-refractivity contribution is 0.264. The molecule has 1 aromatic rings. The average molecular weight is 284 g/mol. The SMILES string of the molecule is CN1CCC(Nc2ccc(S(N)(=O)=O)cc2N)CC1.